The van der Waals surface area contributed by atoms with Gasteiger partial charge in [0.2, 0.25) is 16.3 Å². The van der Waals surface area contributed by atoms with Crippen molar-refractivity contribution in [1.29, 1.82) is 0 Å². The first kappa shape index (κ1) is 14.1. The average Bonchev–Trinajstić information content (AvgIpc) is 2.44. The predicted octanol–water partition coefficient (Wildman–Crippen LogP) is 0.801. The van der Waals surface area contributed by atoms with Crippen molar-refractivity contribution in [2.24, 2.45) is 5.41 Å². The van der Waals surface area contributed by atoms with Crippen LogP contribution in [0.15, 0.2) is 12.2 Å². The van der Waals surface area contributed by atoms with E-state index in [2.05, 4.69) is 16.3 Å². The molecule has 1 aliphatic rings. The van der Waals surface area contributed by atoms with Crippen LogP contribution in [0.5, 0.6) is 0 Å². The molecule has 5 heteroatoms. The Hall–Kier alpha value is -0.918. The smallest absolute Gasteiger partial charge is 0.254 e. The van der Waals surface area contributed by atoms with Crippen LogP contribution in [0, 0.1) is 5.41 Å². The molecule has 17 heavy (non-hydrogen) atoms. The van der Waals surface area contributed by atoms with Gasteiger partial charge in [0, 0.05) is 27.8 Å². The Bertz CT molecular complexity index is 392. The van der Waals surface area contributed by atoms with Crippen molar-refractivity contribution in [3.05, 3.63) is 12.2 Å². The second-order valence-corrected chi connectivity index (χ2v) is 6.11. The van der Waals surface area contributed by atoms with Crippen LogP contribution in [0.25, 0.3) is 0 Å². The van der Waals surface area contributed by atoms with Crippen molar-refractivity contribution in [1.82, 2.24) is 4.90 Å². The molecule has 0 aromatic carbocycles. The molecule has 0 N–H and O–H groups in total. The Balaban J connectivity index is 2.93. The standard InChI is InChI=1S/C12H16NO3.Al/c1-11(2,8-14)7-12(3,4)13-9(15)5-6-10(13)16;/h5-6H,7H2,1-4H3;. The van der Waals surface area contributed by atoms with Gasteiger partial charge in [-0.15, -0.1) is 0 Å². The highest BCUT2D eigenvalue weighted by molar-refractivity contribution is 6.58. The van der Waals surface area contributed by atoms with Gasteiger partial charge >= 0.3 is 0 Å². The molecule has 1 heterocycles. The van der Waals surface area contributed by atoms with Crippen molar-refractivity contribution in [3.63, 3.8) is 0 Å². The summed E-state index contributed by atoms with van der Waals surface area (Å²) in [4.78, 5) is 35.9. The minimum atomic E-state index is -0.673. The lowest BCUT2D eigenvalue weighted by atomic mass is 9.80. The summed E-state index contributed by atoms with van der Waals surface area (Å²) in [6, 6.07) is 0. The summed E-state index contributed by atoms with van der Waals surface area (Å²) in [5.41, 5.74) is -1.26. The summed E-state index contributed by atoms with van der Waals surface area (Å²) in [6.07, 6.45) is 2.96. The molecular formula is C12H16AlNO3. The van der Waals surface area contributed by atoms with Gasteiger partial charge < -0.3 is 4.79 Å². The summed E-state index contributed by atoms with van der Waals surface area (Å²) in [6.45, 7) is 7.21. The number of hydrogen-bond donors (Lipinski definition) is 0. The van der Waals surface area contributed by atoms with Crippen LogP contribution in [0.1, 0.15) is 34.1 Å². The Labute approximate surface area is 109 Å². The van der Waals surface area contributed by atoms with Crippen LogP contribution in [0.4, 0.5) is 0 Å². The molecule has 1 aliphatic heterocycles. The van der Waals surface area contributed by atoms with Crippen LogP contribution in [0.3, 0.4) is 0 Å². The SMILES string of the molecule is CC(C)(CC(C)(C)N1C(=O)C=CC1=O)[C](=O)[Al]. The largest absolute Gasteiger partial charge is 0.323 e. The number of carbonyl (C=O) groups excluding carboxylic acids is 3. The van der Waals surface area contributed by atoms with Crippen molar-refractivity contribution >= 4 is 32.7 Å². The van der Waals surface area contributed by atoms with E-state index in [1.54, 1.807) is 13.8 Å². The Morgan fingerprint density at radius 1 is 1.18 bits per heavy atom. The third kappa shape index (κ3) is 2.85. The van der Waals surface area contributed by atoms with E-state index in [0.717, 1.165) is 0 Å². The molecule has 0 fully saturated rings. The van der Waals surface area contributed by atoms with Gasteiger partial charge in [-0.2, -0.15) is 0 Å². The van der Waals surface area contributed by atoms with E-state index < -0.39 is 11.0 Å². The lowest BCUT2D eigenvalue weighted by molar-refractivity contribution is -0.145. The van der Waals surface area contributed by atoms with E-state index in [0.29, 0.717) is 6.42 Å². The summed E-state index contributed by atoms with van der Waals surface area (Å²) in [7, 11) is 0. The zero-order valence-electron chi connectivity index (χ0n) is 10.6. The molecule has 4 nitrogen and oxygen atoms in total. The van der Waals surface area contributed by atoms with Gasteiger partial charge in [-0.05, 0) is 20.3 Å². The molecule has 0 bridgehead atoms. The molecule has 2 amide bonds. The highest BCUT2D eigenvalue weighted by Gasteiger charge is 2.41. The number of carbonyl (C=O) groups is 3. The molecule has 2 radical (unpaired) electrons. The average molecular weight is 249 g/mol. The first-order valence-electron chi connectivity index (χ1n) is 5.44. The fourth-order valence-electron chi connectivity index (χ4n) is 2.24. The number of nitrogens with zero attached hydrogens (tertiary/aromatic N) is 1. The molecule has 1 rings (SSSR count). The van der Waals surface area contributed by atoms with Gasteiger partial charge in [0.25, 0.3) is 11.8 Å². The first-order chi connectivity index (χ1) is 7.58. The summed E-state index contributed by atoms with van der Waals surface area (Å²) >= 11 is 2.16. The number of imide groups is 1. The minimum absolute atomic E-state index is 0.0300. The van der Waals surface area contributed by atoms with E-state index >= 15 is 0 Å². The van der Waals surface area contributed by atoms with Gasteiger partial charge in [-0.1, -0.05) is 13.8 Å². The lowest BCUT2D eigenvalue weighted by Gasteiger charge is -2.39. The van der Waals surface area contributed by atoms with Gasteiger partial charge in [-0.3, -0.25) is 14.5 Å². The highest BCUT2D eigenvalue weighted by Crippen LogP contribution is 2.33. The van der Waals surface area contributed by atoms with Crippen molar-refractivity contribution < 1.29 is 14.4 Å². The van der Waals surface area contributed by atoms with Gasteiger partial charge in [0.15, 0.2) is 0 Å². The van der Waals surface area contributed by atoms with E-state index in [1.165, 1.54) is 17.1 Å². The number of amides is 2. The molecule has 0 saturated carbocycles. The molecule has 0 atom stereocenters. The molecule has 0 aliphatic carbocycles. The summed E-state index contributed by atoms with van der Waals surface area (Å²) in [5, 5.41) is 0. The maximum Gasteiger partial charge on any atom is 0.254 e. The van der Waals surface area contributed by atoms with Crippen molar-refractivity contribution in [3.8, 4) is 0 Å². The zero-order valence-corrected chi connectivity index (χ0v) is 11.8. The molecule has 0 aromatic heterocycles. The molecule has 0 saturated heterocycles. The van der Waals surface area contributed by atoms with Crippen molar-refractivity contribution in [2.45, 2.75) is 39.7 Å². The molecule has 90 valence electrons. The summed E-state index contributed by atoms with van der Waals surface area (Å²) in [5.74, 6) is -0.626. The van der Waals surface area contributed by atoms with Crippen LogP contribution in [0.2, 0.25) is 0 Å². The van der Waals surface area contributed by atoms with Gasteiger partial charge in [-0.25, -0.2) is 0 Å². The Morgan fingerprint density at radius 2 is 1.59 bits per heavy atom. The van der Waals surface area contributed by atoms with Gasteiger partial charge in [0.1, 0.15) is 0 Å². The van der Waals surface area contributed by atoms with E-state index in [1.807, 2.05) is 13.8 Å². The third-order valence-corrected chi connectivity index (χ3v) is 3.74. The van der Waals surface area contributed by atoms with E-state index in [4.69, 9.17) is 0 Å². The summed E-state index contributed by atoms with van der Waals surface area (Å²) < 4.78 is -0.0300. The van der Waals surface area contributed by atoms with Gasteiger partial charge in [0.05, 0.1) is 0 Å². The second kappa shape index (κ2) is 4.40. The number of rotatable bonds is 4. The van der Waals surface area contributed by atoms with Crippen LogP contribution >= 0.6 is 0 Å². The van der Waals surface area contributed by atoms with Crippen molar-refractivity contribution in [2.75, 3.05) is 0 Å². The lowest BCUT2D eigenvalue weighted by Crippen LogP contribution is -2.51. The topological polar surface area (TPSA) is 54.5 Å². The normalized spacial score (nSPS) is 16.8. The van der Waals surface area contributed by atoms with E-state index in [-0.39, 0.29) is 16.5 Å². The van der Waals surface area contributed by atoms with Crippen LogP contribution in [-0.4, -0.2) is 43.2 Å². The Morgan fingerprint density at radius 3 is 1.94 bits per heavy atom. The quantitative estimate of drug-likeness (QED) is 0.547. The fraction of sp³-hybridized carbons (Fsp3) is 0.583. The zero-order chi connectivity index (χ0) is 13.4. The molecular weight excluding hydrogens is 233 g/mol. The maximum atomic E-state index is 11.6. The minimum Gasteiger partial charge on any atom is -0.323 e. The number of hydrogen-bond acceptors (Lipinski definition) is 3. The van der Waals surface area contributed by atoms with Crippen LogP contribution in [-0.2, 0) is 14.4 Å². The fourth-order valence-corrected chi connectivity index (χ4v) is 2.35. The second-order valence-electron chi connectivity index (χ2n) is 5.58. The Kier molecular flexibility index (Phi) is 3.66. The van der Waals surface area contributed by atoms with E-state index in [9.17, 15) is 14.4 Å². The predicted molar refractivity (Wildman–Crippen MR) is 64.2 cm³/mol. The van der Waals surface area contributed by atoms with Crippen LogP contribution < -0.4 is 0 Å². The molecule has 0 spiro atoms. The third-order valence-electron chi connectivity index (χ3n) is 2.96. The highest BCUT2D eigenvalue weighted by atomic mass is 27.0. The monoisotopic (exact) mass is 249 g/mol. The first-order valence-corrected chi connectivity index (χ1v) is 6.02. The molecule has 0 unspecified atom stereocenters. The molecule has 0 aromatic rings. The maximum absolute atomic E-state index is 11.6.